The highest BCUT2D eigenvalue weighted by molar-refractivity contribution is 5.75. The molecule has 0 aromatic carbocycles. The summed E-state index contributed by atoms with van der Waals surface area (Å²) in [5.41, 5.74) is 0. The number of rotatable bonds is 6. The van der Waals surface area contributed by atoms with Gasteiger partial charge in [0.1, 0.15) is 12.2 Å². The van der Waals surface area contributed by atoms with Gasteiger partial charge >= 0.3 is 5.97 Å². The molecular formula is C8H16O6. The Labute approximate surface area is 81.7 Å². The van der Waals surface area contributed by atoms with Crippen molar-refractivity contribution in [2.24, 2.45) is 0 Å². The Morgan fingerprint density at radius 1 is 1.36 bits per heavy atom. The summed E-state index contributed by atoms with van der Waals surface area (Å²) in [7, 11) is 0. The zero-order valence-corrected chi connectivity index (χ0v) is 7.96. The van der Waals surface area contributed by atoms with E-state index in [-0.39, 0.29) is 6.61 Å². The summed E-state index contributed by atoms with van der Waals surface area (Å²) >= 11 is 0. The second-order valence-corrected chi connectivity index (χ2v) is 2.85. The molecule has 4 N–H and O–H groups in total. The van der Waals surface area contributed by atoms with Crippen molar-refractivity contribution in [3.63, 3.8) is 0 Å². The second-order valence-electron chi connectivity index (χ2n) is 2.85. The fraction of sp³-hybridized carbons (Fsp3) is 0.875. The van der Waals surface area contributed by atoms with Gasteiger partial charge in [-0.05, 0) is 6.42 Å². The first-order chi connectivity index (χ1) is 6.54. The molecule has 6 heteroatoms. The summed E-state index contributed by atoms with van der Waals surface area (Å²) in [5.74, 6) is -1.01. The van der Waals surface area contributed by atoms with Gasteiger partial charge in [-0.25, -0.2) is 4.79 Å². The molecule has 6 nitrogen and oxygen atoms in total. The molecule has 0 saturated carbocycles. The first-order valence-electron chi connectivity index (χ1n) is 4.36. The number of hydrogen-bond acceptors (Lipinski definition) is 6. The number of hydrogen-bond donors (Lipinski definition) is 4. The lowest BCUT2D eigenvalue weighted by molar-refractivity contribution is -0.165. The van der Waals surface area contributed by atoms with E-state index in [4.69, 9.17) is 20.4 Å². The smallest absolute Gasteiger partial charge is 0.337 e. The number of carbonyl (C=O) groups excluding carboxylic acids is 1. The Kier molecular flexibility index (Phi) is 6.39. The molecule has 0 radical (unpaired) electrons. The Morgan fingerprint density at radius 3 is 2.36 bits per heavy atom. The third-order valence-corrected chi connectivity index (χ3v) is 1.59. The standard InChI is InChI=1S/C8H16O6/c1-2-3-14-8(13)7(12)6(11)5(10)4-9/h5-7,9-12H,2-4H2,1H3/t5-,6-,7+/m0/s1. The average Bonchev–Trinajstić information content (AvgIpc) is 2.22. The highest BCUT2D eigenvalue weighted by Crippen LogP contribution is 2.02. The van der Waals surface area contributed by atoms with Crippen molar-refractivity contribution in [1.29, 1.82) is 0 Å². The molecule has 0 aromatic heterocycles. The van der Waals surface area contributed by atoms with Gasteiger partial charge in [0.2, 0.25) is 0 Å². The summed E-state index contributed by atoms with van der Waals surface area (Å²) in [6.07, 6.45) is -4.52. The third-order valence-electron chi connectivity index (χ3n) is 1.59. The van der Waals surface area contributed by atoms with Crippen LogP contribution in [0.3, 0.4) is 0 Å². The monoisotopic (exact) mass is 208 g/mol. The van der Waals surface area contributed by atoms with Crippen molar-refractivity contribution in [2.75, 3.05) is 13.2 Å². The molecule has 0 aliphatic rings. The molecule has 0 unspecified atom stereocenters. The van der Waals surface area contributed by atoms with Crippen LogP contribution in [0.15, 0.2) is 0 Å². The molecule has 0 fully saturated rings. The van der Waals surface area contributed by atoms with Crippen LogP contribution in [0.25, 0.3) is 0 Å². The molecule has 0 aliphatic carbocycles. The highest BCUT2D eigenvalue weighted by Gasteiger charge is 2.30. The van der Waals surface area contributed by atoms with E-state index in [1.54, 1.807) is 6.92 Å². The van der Waals surface area contributed by atoms with E-state index in [9.17, 15) is 4.79 Å². The largest absolute Gasteiger partial charge is 0.464 e. The summed E-state index contributed by atoms with van der Waals surface area (Å²) in [6.45, 7) is 1.18. The van der Waals surface area contributed by atoms with Gasteiger partial charge in [-0.15, -0.1) is 0 Å². The fourth-order valence-corrected chi connectivity index (χ4v) is 0.746. The van der Waals surface area contributed by atoms with Crippen molar-refractivity contribution >= 4 is 5.97 Å². The van der Waals surface area contributed by atoms with Gasteiger partial charge in [-0.3, -0.25) is 0 Å². The Balaban J connectivity index is 4.03. The molecule has 0 aliphatic heterocycles. The molecule has 84 valence electrons. The van der Waals surface area contributed by atoms with E-state index in [0.29, 0.717) is 6.42 Å². The topological polar surface area (TPSA) is 107 Å². The molecule has 0 heterocycles. The minimum Gasteiger partial charge on any atom is -0.464 e. The number of carbonyl (C=O) groups is 1. The van der Waals surface area contributed by atoms with Gasteiger partial charge < -0.3 is 25.2 Å². The van der Waals surface area contributed by atoms with E-state index >= 15 is 0 Å². The van der Waals surface area contributed by atoms with Crippen LogP contribution in [0.2, 0.25) is 0 Å². The van der Waals surface area contributed by atoms with Crippen LogP contribution in [-0.2, 0) is 9.53 Å². The molecule has 0 bridgehead atoms. The Hall–Kier alpha value is -0.690. The van der Waals surface area contributed by atoms with Crippen LogP contribution < -0.4 is 0 Å². The first-order valence-corrected chi connectivity index (χ1v) is 4.36. The minimum atomic E-state index is -1.83. The van der Waals surface area contributed by atoms with Crippen LogP contribution >= 0.6 is 0 Å². The number of aliphatic hydroxyl groups excluding tert-OH is 4. The second kappa shape index (κ2) is 6.72. The number of ether oxygens (including phenoxy) is 1. The zero-order chi connectivity index (χ0) is 11.1. The minimum absolute atomic E-state index is 0.137. The lowest BCUT2D eigenvalue weighted by Crippen LogP contribution is -2.44. The van der Waals surface area contributed by atoms with Crippen LogP contribution in [0.4, 0.5) is 0 Å². The van der Waals surface area contributed by atoms with E-state index < -0.39 is 30.9 Å². The quantitative estimate of drug-likeness (QED) is 0.377. The van der Waals surface area contributed by atoms with Crippen LogP contribution in [0.5, 0.6) is 0 Å². The van der Waals surface area contributed by atoms with Crippen molar-refractivity contribution in [2.45, 2.75) is 31.7 Å². The molecule has 0 rings (SSSR count). The fourth-order valence-electron chi connectivity index (χ4n) is 0.746. The molecule has 0 spiro atoms. The van der Waals surface area contributed by atoms with Gasteiger partial charge in [0.25, 0.3) is 0 Å². The zero-order valence-electron chi connectivity index (χ0n) is 7.96. The van der Waals surface area contributed by atoms with Gasteiger partial charge in [-0.2, -0.15) is 0 Å². The molecule has 14 heavy (non-hydrogen) atoms. The summed E-state index contributed by atoms with van der Waals surface area (Å²) < 4.78 is 4.53. The lowest BCUT2D eigenvalue weighted by Gasteiger charge is -2.19. The van der Waals surface area contributed by atoms with Gasteiger partial charge in [0, 0.05) is 0 Å². The molecule has 3 atom stereocenters. The maximum Gasteiger partial charge on any atom is 0.337 e. The maximum absolute atomic E-state index is 10.9. The molecule has 0 saturated heterocycles. The molecular weight excluding hydrogens is 192 g/mol. The van der Waals surface area contributed by atoms with Gasteiger partial charge in [0.05, 0.1) is 13.2 Å². The predicted octanol–water partition coefficient (Wildman–Crippen LogP) is -1.99. The number of esters is 1. The highest BCUT2D eigenvalue weighted by atomic mass is 16.5. The van der Waals surface area contributed by atoms with Crippen LogP contribution in [0.1, 0.15) is 13.3 Å². The average molecular weight is 208 g/mol. The van der Waals surface area contributed by atoms with Gasteiger partial charge in [0.15, 0.2) is 6.10 Å². The summed E-state index contributed by atoms with van der Waals surface area (Å²) in [6, 6.07) is 0. The predicted molar refractivity (Wildman–Crippen MR) is 46.4 cm³/mol. The lowest BCUT2D eigenvalue weighted by atomic mass is 10.1. The van der Waals surface area contributed by atoms with Crippen molar-refractivity contribution in [3.8, 4) is 0 Å². The van der Waals surface area contributed by atoms with E-state index in [1.807, 2.05) is 0 Å². The van der Waals surface area contributed by atoms with Crippen LogP contribution in [0, 0.1) is 0 Å². The van der Waals surface area contributed by atoms with E-state index in [1.165, 1.54) is 0 Å². The van der Waals surface area contributed by atoms with Crippen molar-refractivity contribution in [3.05, 3.63) is 0 Å². The summed E-state index contributed by atoms with van der Waals surface area (Å²) in [4.78, 5) is 10.9. The van der Waals surface area contributed by atoms with Gasteiger partial charge in [-0.1, -0.05) is 6.92 Å². The Morgan fingerprint density at radius 2 is 1.93 bits per heavy atom. The van der Waals surface area contributed by atoms with E-state index in [2.05, 4.69) is 4.74 Å². The SMILES string of the molecule is CCCOC(=O)[C@H](O)[C@@H](O)[C@@H](O)CO. The maximum atomic E-state index is 10.9. The number of aliphatic hydroxyl groups is 4. The first kappa shape index (κ1) is 13.3. The normalized spacial score (nSPS) is 17.2. The van der Waals surface area contributed by atoms with Crippen LogP contribution in [-0.4, -0.2) is 57.9 Å². The third kappa shape index (κ3) is 4.01. The Bertz CT molecular complexity index is 171. The van der Waals surface area contributed by atoms with Crippen molar-refractivity contribution < 1.29 is 30.0 Å². The van der Waals surface area contributed by atoms with E-state index in [0.717, 1.165) is 0 Å². The molecule has 0 amide bonds. The molecule has 0 aromatic rings. The summed E-state index contributed by atoms with van der Waals surface area (Å²) in [5, 5.41) is 35.6. The van der Waals surface area contributed by atoms with Crippen molar-refractivity contribution in [1.82, 2.24) is 0 Å².